The average Bonchev–Trinajstić information content (AvgIpc) is 2.78. The Hall–Kier alpha value is -3.58. The molecule has 0 fully saturated rings. The number of rotatable bonds is 8. The van der Waals surface area contributed by atoms with Gasteiger partial charge >= 0.3 is 0 Å². The first-order valence-electron chi connectivity index (χ1n) is 9.99. The van der Waals surface area contributed by atoms with Crippen LogP contribution in [0.2, 0.25) is 5.02 Å². The summed E-state index contributed by atoms with van der Waals surface area (Å²) in [5.41, 5.74) is 0.898. The predicted octanol–water partition coefficient (Wildman–Crippen LogP) is 5.78. The van der Waals surface area contributed by atoms with E-state index in [1.54, 1.807) is 44.2 Å². The SMILES string of the molecule is CCOc1cc(NC(=O)c2cc(Cl)ccc2F)c(OCC)cc1NC(=O)c1ccccc1. The van der Waals surface area contributed by atoms with Crippen LogP contribution in [-0.2, 0) is 0 Å². The molecule has 32 heavy (non-hydrogen) atoms. The second-order valence-corrected chi connectivity index (χ2v) is 7.05. The lowest BCUT2D eigenvalue weighted by atomic mass is 10.1. The van der Waals surface area contributed by atoms with Crippen molar-refractivity contribution < 1.29 is 23.5 Å². The molecule has 0 atom stereocenters. The molecule has 8 heteroatoms. The lowest BCUT2D eigenvalue weighted by Crippen LogP contribution is -2.16. The van der Waals surface area contributed by atoms with Gasteiger partial charge in [-0.25, -0.2) is 4.39 Å². The van der Waals surface area contributed by atoms with Gasteiger partial charge in [0.05, 0.1) is 30.2 Å². The topological polar surface area (TPSA) is 76.7 Å². The molecule has 0 aliphatic heterocycles. The summed E-state index contributed by atoms with van der Waals surface area (Å²) >= 11 is 5.90. The van der Waals surface area contributed by atoms with Gasteiger partial charge < -0.3 is 20.1 Å². The Kier molecular flexibility index (Phi) is 7.68. The highest BCUT2D eigenvalue weighted by Gasteiger charge is 2.19. The zero-order chi connectivity index (χ0) is 23.1. The first-order chi connectivity index (χ1) is 15.4. The number of halogens is 2. The van der Waals surface area contributed by atoms with Gasteiger partial charge in [-0.15, -0.1) is 0 Å². The van der Waals surface area contributed by atoms with E-state index in [1.165, 1.54) is 18.2 Å². The summed E-state index contributed by atoms with van der Waals surface area (Å²) in [5, 5.41) is 5.67. The molecule has 3 aromatic carbocycles. The second-order valence-electron chi connectivity index (χ2n) is 6.61. The minimum absolute atomic E-state index is 0.209. The lowest BCUT2D eigenvalue weighted by Gasteiger charge is -2.18. The van der Waals surface area contributed by atoms with Crippen molar-refractivity contribution in [2.24, 2.45) is 0 Å². The molecule has 0 spiro atoms. The fourth-order valence-electron chi connectivity index (χ4n) is 2.95. The molecule has 3 rings (SSSR count). The number of carbonyl (C=O) groups excluding carboxylic acids is 2. The third-order valence-electron chi connectivity index (χ3n) is 4.39. The molecule has 0 radical (unpaired) electrons. The Labute approximate surface area is 190 Å². The zero-order valence-corrected chi connectivity index (χ0v) is 18.3. The fourth-order valence-corrected chi connectivity index (χ4v) is 3.12. The van der Waals surface area contributed by atoms with Crippen LogP contribution in [0.5, 0.6) is 11.5 Å². The summed E-state index contributed by atoms with van der Waals surface area (Å²) in [5.74, 6) is -1.12. The zero-order valence-electron chi connectivity index (χ0n) is 17.6. The lowest BCUT2D eigenvalue weighted by molar-refractivity contribution is 0.101. The van der Waals surface area contributed by atoms with Gasteiger partial charge in [0.25, 0.3) is 11.8 Å². The fraction of sp³-hybridized carbons (Fsp3) is 0.167. The number of hydrogen-bond acceptors (Lipinski definition) is 4. The van der Waals surface area contributed by atoms with E-state index in [9.17, 15) is 14.0 Å². The molecule has 0 unspecified atom stereocenters. The largest absolute Gasteiger partial charge is 0.492 e. The summed E-state index contributed by atoms with van der Waals surface area (Å²) in [6.45, 7) is 4.19. The van der Waals surface area contributed by atoms with Crippen LogP contribution in [0.25, 0.3) is 0 Å². The minimum atomic E-state index is -0.707. The van der Waals surface area contributed by atoms with Gasteiger partial charge in [0.15, 0.2) is 0 Å². The van der Waals surface area contributed by atoms with Crippen LogP contribution in [0.4, 0.5) is 15.8 Å². The maximum absolute atomic E-state index is 14.1. The maximum Gasteiger partial charge on any atom is 0.258 e. The van der Waals surface area contributed by atoms with Crippen molar-refractivity contribution >= 4 is 34.8 Å². The monoisotopic (exact) mass is 456 g/mol. The Morgan fingerprint density at radius 2 is 1.41 bits per heavy atom. The summed E-state index contributed by atoms with van der Waals surface area (Å²) in [7, 11) is 0. The number of nitrogens with one attached hydrogen (secondary N) is 2. The highest BCUT2D eigenvalue weighted by Crippen LogP contribution is 2.37. The average molecular weight is 457 g/mol. The molecular weight excluding hydrogens is 435 g/mol. The Morgan fingerprint density at radius 3 is 1.97 bits per heavy atom. The van der Waals surface area contributed by atoms with Gasteiger partial charge in [-0.3, -0.25) is 9.59 Å². The van der Waals surface area contributed by atoms with Gasteiger partial charge in [-0.1, -0.05) is 29.8 Å². The molecule has 0 bridgehead atoms. The highest BCUT2D eigenvalue weighted by atomic mass is 35.5. The quantitative estimate of drug-likeness (QED) is 0.450. The van der Waals surface area contributed by atoms with Crippen molar-refractivity contribution in [3.05, 3.63) is 82.6 Å². The standard InChI is InChI=1S/C24H22ClFN2O4/c1-3-31-21-14-20(28-24(30)17-12-16(25)10-11-18(17)26)22(32-4-2)13-19(21)27-23(29)15-8-6-5-7-9-15/h5-14H,3-4H2,1-2H3,(H,27,29)(H,28,30). The van der Waals surface area contributed by atoms with E-state index in [0.717, 1.165) is 6.07 Å². The van der Waals surface area contributed by atoms with Gasteiger partial charge in [-0.05, 0) is 44.2 Å². The molecule has 2 N–H and O–H groups in total. The van der Waals surface area contributed by atoms with Crippen LogP contribution in [0.1, 0.15) is 34.6 Å². The highest BCUT2D eigenvalue weighted by molar-refractivity contribution is 6.31. The molecule has 0 aliphatic carbocycles. The Bertz CT molecular complexity index is 1120. The molecule has 0 saturated heterocycles. The van der Waals surface area contributed by atoms with E-state index in [1.807, 2.05) is 6.07 Å². The third kappa shape index (κ3) is 5.56. The maximum atomic E-state index is 14.1. The smallest absolute Gasteiger partial charge is 0.258 e. The molecular formula is C24H22ClFN2O4. The number of ether oxygens (including phenoxy) is 2. The van der Waals surface area contributed by atoms with Crippen molar-refractivity contribution in [2.45, 2.75) is 13.8 Å². The van der Waals surface area contributed by atoms with E-state index in [2.05, 4.69) is 10.6 Å². The number of benzene rings is 3. The molecule has 0 aliphatic rings. The number of amides is 2. The van der Waals surface area contributed by atoms with Gasteiger partial charge in [0.1, 0.15) is 17.3 Å². The molecule has 3 aromatic rings. The third-order valence-corrected chi connectivity index (χ3v) is 4.62. The Morgan fingerprint density at radius 1 is 0.844 bits per heavy atom. The first kappa shape index (κ1) is 23.1. The van der Waals surface area contributed by atoms with E-state index in [0.29, 0.717) is 30.2 Å². The van der Waals surface area contributed by atoms with Gasteiger partial charge in [0, 0.05) is 22.7 Å². The van der Waals surface area contributed by atoms with E-state index in [4.69, 9.17) is 21.1 Å². The van der Waals surface area contributed by atoms with Gasteiger partial charge in [0.2, 0.25) is 0 Å². The van der Waals surface area contributed by atoms with E-state index in [-0.39, 0.29) is 27.9 Å². The summed E-state index contributed by atoms with van der Waals surface area (Å²) < 4.78 is 25.4. The van der Waals surface area contributed by atoms with Crippen molar-refractivity contribution in [1.29, 1.82) is 0 Å². The van der Waals surface area contributed by atoms with Crippen LogP contribution in [-0.4, -0.2) is 25.0 Å². The number of carbonyl (C=O) groups is 2. The van der Waals surface area contributed by atoms with Crippen LogP contribution in [0.15, 0.2) is 60.7 Å². The summed E-state index contributed by atoms with van der Waals surface area (Å²) in [6, 6.07) is 15.5. The molecule has 166 valence electrons. The number of anilines is 2. The summed E-state index contributed by atoms with van der Waals surface area (Å²) in [4.78, 5) is 25.3. The van der Waals surface area contributed by atoms with Crippen LogP contribution >= 0.6 is 11.6 Å². The summed E-state index contributed by atoms with van der Waals surface area (Å²) in [6.07, 6.45) is 0. The van der Waals surface area contributed by atoms with Crippen molar-refractivity contribution in [2.75, 3.05) is 23.8 Å². The van der Waals surface area contributed by atoms with Crippen molar-refractivity contribution in [1.82, 2.24) is 0 Å². The van der Waals surface area contributed by atoms with E-state index >= 15 is 0 Å². The van der Waals surface area contributed by atoms with Crippen LogP contribution in [0, 0.1) is 5.82 Å². The van der Waals surface area contributed by atoms with Gasteiger partial charge in [-0.2, -0.15) is 0 Å². The van der Waals surface area contributed by atoms with Crippen molar-refractivity contribution in [3.63, 3.8) is 0 Å². The molecule has 0 saturated carbocycles. The van der Waals surface area contributed by atoms with Crippen LogP contribution < -0.4 is 20.1 Å². The van der Waals surface area contributed by atoms with Crippen LogP contribution in [0.3, 0.4) is 0 Å². The van der Waals surface area contributed by atoms with E-state index < -0.39 is 11.7 Å². The number of hydrogen-bond donors (Lipinski definition) is 2. The second kappa shape index (κ2) is 10.6. The Balaban J connectivity index is 1.95. The molecule has 6 nitrogen and oxygen atoms in total. The molecule has 0 aromatic heterocycles. The molecule has 0 heterocycles. The minimum Gasteiger partial charge on any atom is -0.492 e. The van der Waals surface area contributed by atoms with Crippen molar-refractivity contribution in [3.8, 4) is 11.5 Å². The molecule has 2 amide bonds. The first-order valence-corrected chi connectivity index (χ1v) is 10.4. The predicted molar refractivity (Wildman–Crippen MR) is 123 cm³/mol. The normalized spacial score (nSPS) is 10.4.